The van der Waals surface area contributed by atoms with Crippen molar-refractivity contribution in [3.8, 4) is 0 Å². The van der Waals surface area contributed by atoms with Crippen LogP contribution in [0.1, 0.15) is 6.42 Å². The molecular weight excluding hydrogens is 256 g/mol. The lowest BCUT2D eigenvalue weighted by molar-refractivity contribution is -0.158. The Morgan fingerprint density at radius 2 is 2.29 bits per heavy atom. The number of nitrogens with zero attached hydrogens (tertiary/aromatic N) is 2. The van der Waals surface area contributed by atoms with Crippen LogP contribution < -0.4 is 0 Å². The van der Waals surface area contributed by atoms with E-state index in [1.54, 1.807) is 23.1 Å². The number of rotatable bonds is 4. The summed E-state index contributed by atoms with van der Waals surface area (Å²) in [7, 11) is 1.34. The van der Waals surface area contributed by atoms with Gasteiger partial charge in [0.1, 0.15) is 0 Å². The lowest BCUT2D eigenvalue weighted by Crippen LogP contribution is -2.22. The lowest BCUT2D eigenvalue weighted by Gasteiger charge is -2.06. The number of aromatic nitrogens is 1. The van der Waals surface area contributed by atoms with E-state index in [1.807, 2.05) is 24.3 Å². The van der Waals surface area contributed by atoms with Crippen LogP contribution in [0.4, 0.5) is 0 Å². The van der Waals surface area contributed by atoms with Gasteiger partial charge in [0.25, 0.3) is 0 Å². The van der Waals surface area contributed by atoms with E-state index < -0.39 is 0 Å². The molecule has 1 aromatic heterocycles. The summed E-state index contributed by atoms with van der Waals surface area (Å²) in [6, 6.07) is 7.95. The van der Waals surface area contributed by atoms with Gasteiger partial charge in [0.05, 0.1) is 10.2 Å². The van der Waals surface area contributed by atoms with Gasteiger partial charge in [0.2, 0.25) is 5.91 Å². The standard InChI is InChI=1S/C11H12N2O2S2/c1-13(15)10(14)6-7-16-11-12-8-4-2-3-5-9(8)17-11/h2-5,15H,6-7H2,1H3. The zero-order valence-corrected chi connectivity index (χ0v) is 10.9. The van der Waals surface area contributed by atoms with Crippen LogP contribution in [-0.4, -0.2) is 34.0 Å². The molecule has 1 heterocycles. The van der Waals surface area contributed by atoms with Crippen molar-refractivity contribution >= 4 is 39.2 Å². The molecular formula is C11H12N2O2S2. The molecule has 1 amide bonds. The van der Waals surface area contributed by atoms with E-state index in [9.17, 15) is 4.79 Å². The second-order valence-electron chi connectivity index (χ2n) is 3.46. The van der Waals surface area contributed by atoms with Crippen molar-refractivity contribution in [3.63, 3.8) is 0 Å². The largest absolute Gasteiger partial charge is 0.286 e. The average Bonchev–Trinajstić information content (AvgIpc) is 2.71. The summed E-state index contributed by atoms with van der Waals surface area (Å²) in [5.41, 5.74) is 0.991. The summed E-state index contributed by atoms with van der Waals surface area (Å²) < 4.78 is 2.11. The molecule has 0 radical (unpaired) electrons. The first-order valence-electron chi connectivity index (χ1n) is 5.10. The fourth-order valence-corrected chi connectivity index (χ4v) is 3.37. The number of para-hydroxylation sites is 1. The third-order valence-electron chi connectivity index (χ3n) is 2.18. The highest BCUT2D eigenvalue weighted by Gasteiger charge is 2.07. The van der Waals surface area contributed by atoms with E-state index >= 15 is 0 Å². The number of thioether (sulfide) groups is 1. The number of amides is 1. The second-order valence-corrected chi connectivity index (χ2v) is 5.84. The fraction of sp³-hybridized carbons (Fsp3) is 0.273. The number of fused-ring (bicyclic) bond motifs is 1. The average molecular weight is 268 g/mol. The van der Waals surface area contributed by atoms with Crippen LogP contribution in [0.15, 0.2) is 28.6 Å². The molecule has 0 aliphatic heterocycles. The summed E-state index contributed by atoms with van der Waals surface area (Å²) in [5.74, 6) is 0.349. The number of carbonyl (C=O) groups is 1. The Morgan fingerprint density at radius 1 is 1.53 bits per heavy atom. The number of hydrogen-bond acceptors (Lipinski definition) is 5. The molecule has 0 saturated carbocycles. The van der Waals surface area contributed by atoms with Gasteiger partial charge in [-0.1, -0.05) is 23.9 Å². The Hall–Kier alpha value is -1.11. The molecule has 0 spiro atoms. The maximum atomic E-state index is 11.2. The van der Waals surface area contributed by atoms with Gasteiger partial charge in [0, 0.05) is 19.2 Å². The smallest absolute Gasteiger partial charge is 0.246 e. The van der Waals surface area contributed by atoms with Crippen molar-refractivity contribution in [2.45, 2.75) is 10.8 Å². The number of benzene rings is 1. The second kappa shape index (κ2) is 5.48. The van der Waals surface area contributed by atoms with Crippen LogP contribution in [0.3, 0.4) is 0 Å². The van der Waals surface area contributed by atoms with Crippen molar-refractivity contribution in [2.75, 3.05) is 12.8 Å². The van der Waals surface area contributed by atoms with Gasteiger partial charge in [-0.3, -0.25) is 10.0 Å². The zero-order chi connectivity index (χ0) is 12.3. The van der Waals surface area contributed by atoms with Gasteiger partial charge in [-0.05, 0) is 12.1 Å². The SMILES string of the molecule is CN(O)C(=O)CCSc1nc2ccccc2s1. The number of carbonyl (C=O) groups excluding carboxylic acids is 1. The molecule has 2 rings (SSSR count). The first-order chi connectivity index (χ1) is 8.16. The van der Waals surface area contributed by atoms with Crippen molar-refractivity contribution in [1.82, 2.24) is 10.0 Å². The number of hydroxylamine groups is 2. The van der Waals surface area contributed by atoms with Crippen LogP contribution in [0.25, 0.3) is 10.2 Å². The molecule has 0 aliphatic carbocycles. The molecule has 17 heavy (non-hydrogen) atoms. The van der Waals surface area contributed by atoms with Crippen LogP contribution in [0.5, 0.6) is 0 Å². The first kappa shape index (κ1) is 12.3. The fourth-order valence-electron chi connectivity index (χ4n) is 1.30. The molecule has 1 aromatic carbocycles. The summed E-state index contributed by atoms with van der Waals surface area (Å²) in [6.45, 7) is 0. The highest BCUT2D eigenvalue weighted by Crippen LogP contribution is 2.29. The predicted octanol–water partition coefficient (Wildman–Crippen LogP) is 2.63. The predicted molar refractivity (Wildman–Crippen MR) is 69.5 cm³/mol. The molecule has 1 N–H and O–H groups in total. The summed E-state index contributed by atoms with van der Waals surface area (Å²) in [5, 5.41) is 9.52. The van der Waals surface area contributed by atoms with Gasteiger partial charge in [-0.2, -0.15) is 0 Å². The van der Waals surface area contributed by atoms with Crippen molar-refractivity contribution in [2.24, 2.45) is 0 Å². The maximum Gasteiger partial charge on any atom is 0.246 e. The Balaban J connectivity index is 1.93. The quantitative estimate of drug-likeness (QED) is 0.526. The van der Waals surface area contributed by atoms with Gasteiger partial charge < -0.3 is 0 Å². The van der Waals surface area contributed by atoms with Gasteiger partial charge in [-0.15, -0.1) is 11.3 Å². The maximum absolute atomic E-state index is 11.2. The first-order valence-corrected chi connectivity index (χ1v) is 6.91. The van der Waals surface area contributed by atoms with Crippen LogP contribution in [-0.2, 0) is 4.79 Å². The highest BCUT2D eigenvalue weighted by atomic mass is 32.2. The topological polar surface area (TPSA) is 53.4 Å². The van der Waals surface area contributed by atoms with Crippen molar-refractivity contribution in [3.05, 3.63) is 24.3 Å². The van der Waals surface area contributed by atoms with E-state index in [1.165, 1.54) is 7.05 Å². The minimum atomic E-state index is -0.279. The Kier molecular flexibility index (Phi) is 3.98. The highest BCUT2D eigenvalue weighted by molar-refractivity contribution is 8.01. The minimum absolute atomic E-state index is 0.279. The molecule has 0 saturated heterocycles. The van der Waals surface area contributed by atoms with Gasteiger partial charge in [-0.25, -0.2) is 10.0 Å². The van der Waals surface area contributed by atoms with Crippen LogP contribution in [0.2, 0.25) is 0 Å². The zero-order valence-electron chi connectivity index (χ0n) is 9.29. The summed E-state index contributed by atoms with van der Waals surface area (Å²) >= 11 is 3.16. The third-order valence-corrected chi connectivity index (χ3v) is 4.36. The van der Waals surface area contributed by atoms with E-state index in [0.717, 1.165) is 14.6 Å². The van der Waals surface area contributed by atoms with Crippen molar-refractivity contribution in [1.29, 1.82) is 0 Å². The van der Waals surface area contributed by atoms with Gasteiger partial charge >= 0.3 is 0 Å². The Labute approximate surface area is 107 Å². The molecule has 4 nitrogen and oxygen atoms in total. The van der Waals surface area contributed by atoms with E-state index in [4.69, 9.17) is 5.21 Å². The van der Waals surface area contributed by atoms with Crippen LogP contribution >= 0.6 is 23.1 Å². The lowest BCUT2D eigenvalue weighted by atomic mass is 10.3. The van der Waals surface area contributed by atoms with E-state index in [-0.39, 0.29) is 5.91 Å². The van der Waals surface area contributed by atoms with E-state index in [0.29, 0.717) is 17.2 Å². The number of thiazole rings is 1. The van der Waals surface area contributed by atoms with Crippen LogP contribution in [0, 0.1) is 0 Å². The monoisotopic (exact) mass is 268 g/mol. The molecule has 90 valence electrons. The molecule has 0 atom stereocenters. The third kappa shape index (κ3) is 3.18. The number of hydrogen-bond donors (Lipinski definition) is 1. The molecule has 0 aliphatic rings. The molecule has 6 heteroatoms. The Morgan fingerprint density at radius 3 is 3.00 bits per heavy atom. The Bertz CT molecular complexity index is 492. The molecule has 0 bridgehead atoms. The molecule has 0 fully saturated rings. The summed E-state index contributed by atoms with van der Waals surface area (Å²) in [6.07, 6.45) is 0.313. The minimum Gasteiger partial charge on any atom is -0.286 e. The summed E-state index contributed by atoms with van der Waals surface area (Å²) in [4.78, 5) is 15.6. The van der Waals surface area contributed by atoms with Gasteiger partial charge in [0.15, 0.2) is 4.34 Å². The molecule has 2 aromatic rings. The molecule has 0 unspecified atom stereocenters. The van der Waals surface area contributed by atoms with Crippen molar-refractivity contribution < 1.29 is 10.0 Å². The normalized spacial score (nSPS) is 10.7. The van der Waals surface area contributed by atoms with E-state index in [2.05, 4.69) is 4.98 Å².